The summed E-state index contributed by atoms with van der Waals surface area (Å²) in [5, 5.41) is 0. The van der Waals surface area contributed by atoms with E-state index < -0.39 is 6.10 Å². The van der Waals surface area contributed by atoms with Gasteiger partial charge in [-0.25, -0.2) is 0 Å². The average molecular weight is 940 g/mol. The molecule has 0 spiro atoms. The topological polar surface area (TPSA) is 78.9 Å². The molecule has 6 nitrogen and oxygen atoms in total. The highest BCUT2D eigenvalue weighted by atomic mass is 16.6. The molecule has 0 rings (SSSR count). The lowest BCUT2D eigenvalue weighted by Gasteiger charge is -2.18. The molecule has 0 N–H and O–H groups in total. The summed E-state index contributed by atoms with van der Waals surface area (Å²) in [5.74, 6) is -0.888. The fourth-order valence-corrected chi connectivity index (χ4v) is 8.35. The van der Waals surface area contributed by atoms with Crippen molar-refractivity contribution >= 4 is 17.9 Å². The van der Waals surface area contributed by atoms with Crippen LogP contribution in [0.3, 0.4) is 0 Å². The smallest absolute Gasteiger partial charge is 0.306 e. The van der Waals surface area contributed by atoms with Crippen LogP contribution >= 0.6 is 0 Å². The van der Waals surface area contributed by atoms with Crippen LogP contribution in [0, 0.1) is 0 Å². The zero-order chi connectivity index (χ0) is 48.6. The first-order chi connectivity index (χ1) is 33.0. The van der Waals surface area contributed by atoms with E-state index in [1.165, 1.54) is 180 Å². The molecular weight excluding hydrogens is 829 g/mol. The second kappa shape index (κ2) is 56.0. The van der Waals surface area contributed by atoms with Gasteiger partial charge < -0.3 is 14.2 Å². The maximum absolute atomic E-state index is 12.8. The predicted octanol–water partition coefficient (Wildman–Crippen LogP) is 19.4. The van der Waals surface area contributed by atoms with E-state index in [0.29, 0.717) is 19.3 Å². The third-order valence-electron chi connectivity index (χ3n) is 12.8. The summed E-state index contributed by atoms with van der Waals surface area (Å²) in [7, 11) is 0. The number of hydrogen-bond donors (Lipinski definition) is 0. The SMILES string of the molecule is CCC/C=C\CCCCCCCC(=O)OCC(COC(=O)CCCCCCCCCCC/C=C\CCCCCCCCCC)OC(=O)CCCCCCCCC/C=C\C/C=C\CCCCCC. The first kappa shape index (κ1) is 64.4. The Kier molecular flexibility index (Phi) is 53.8. The number of rotatable bonds is 53. The summed E-state index contributed by atoms with van der Waals surface area (Å²) < 4.78 is 16.8. The van der Waals surface area contributed by atoms with E-state index in [2.05, 4.69) is 69.4 Å². The molecule has 0 aliphatic rings. The quantitative estimate of drug-likeness (QED) is 0.0262. The van der Waals surface area contributed by atoms with Crippen LogP contribution in [0.5, 0.6) is 0 Å². The summed E-state index contributed by atoms with van der Waals surface area (Å²) in [5.41, 5.74) is 0. The van der Waals surface area contributed by atoms with Gasteiger partial charge in [0.1, 0.15) is 13.2 Å². The number of carbonyl (C=O) groups excluding carboxylic acids is 3. The van der Waals surface area contributed by atoms with E-state index in [1.807, 2.05) is 0 Å². The lowest BCUT2D eigenvalue weighted by Crippen LogP contribution is -2.30. The van der Waals surface area contributed by atoms with Crippen molar-refractivity contribution in [3.8, 4) is 0 Å². The normalized spacial score (nSPS) is 12.3. The lowest BCUT2D eigenvalue weighted by molar-refractivity contribution is -0.167. The van der Waals surface area contributed by atoms with Crippen LogP contribution in [0.1, 0.15) is 303 Å². The zero-order valence-electron chi connectivity index (χ0n) is 44.7. The summed E-state index contributed by atoms with van der Waals surface area (Å²) in [6.07, 6.45) is 68.2. The fraction of sp³-hybridized carbons (Fsp3) is 0.820. The van der Waals surface area contributed by atoms with E-state index in [4.69, 9.17) is 14.2 Å². The van der Waals surface area contributed by atoms with Crippen LogP contribution in [0.4, 0.5) is 0 Å². The lowest BCUT2D eigenvalue weighted by atomic mass is 10.1. The molecule has 0 fully saturated rings. The largest absolute Gasteiger partial charge is 0.462 e. The van der Waals surface area contributed by atoms with E-state index in [1.54, 1.807) is 0 Å². The number of esters is 3. The Labute approximate surface area is 416 Å². The molecule has 0 aliphatic carbocycles. The van der Waals surface area contributed by atoms with Crippen LogP contribution in [0.2, 0.25) is 0 Å². The third-order valence-corrected chi connectivity index (χ3v) is 12.8. The molecule has 0 saturated carbocycles. The molecule has 0 amide bonds. The van der Waals surface area contributed by atoms with Gasteiger partial charge in [0.2, 0.25) is 0 Å². The van der Waals surface area contributed by atoms with Crippen molar-refractivity contribution in [2.45, 2.75) is 309 Å². The van der Waals surface area contributed by atoms with Gasteiger partial charge in [0.15, 0.2) is 6.10 Å². The first-order valence-electron chi connectivity index (χ1n) is 29.1. The summed E-state index contributed by atoms with van der Waals surface area (Å²) in [4.78, 5) is 38.1. The predicted molar refractivity (Wildman–Crippen MR) is 289 cm³/mol. The minimum Gasteiger partial charge on any atom is -0.462 e. The number of carbonyl (C=O) groups is 3. The van der Waals surface area contributed by atoms with Gasteiger partial charge in [-0.1, -0.05) is 236 Å². The number of hydrogen-bond acceptors (Lipinski definition) is 6. The molecular formula is C61H110O6. The molecule has 0 heterocycles. The Morgan fingerprint density at radius 1 is 0.299 bits per heavy atom. The van der Waals surface area contributed by atoms with Crippen LogP contribution in [0.15, 0.2) is 48.6 Å². The molecule has 0 aromatic rings. The third kappa shape index (κ3) is 54.2. The second-order valence-electron chi connectivity index (χ2n) is 19.5. The summed E-state index contributed by atoms with van der Waals surface area (Å²) in [6.45, 7) is 6.58. The van der Waals surface area contributed by atoms with Crippen molar-refractivity contribution in [3.05, 3.63) is 48.6 Å². The average Bonchev–Trinajstić information content (AvgIpc) is 3.33. The van der Waals surface area contributed by atoms with Crippen LogP contribution in [-0.2, 0) is 28.6 Å². The van der Waals surface area contributed by atoms with Crippen molar-refractivity contribution in [1.29, 1.82) is 0 Å². The van der Waals surface area contributed by atoms with Crippen molar-refractivity contribution in [1.82, 2.24) is 0 Å². The van der Waals surface area contributed by atoms with E-state index in [9.17, 15) is 14.4 Å². The molecule has 67 heavy (non-hydrogen) atoms. The van der Waals surface area contributed by atoms with Crippen LogP contribution < -0.4 is 0 Å². The Morgan fingerprint density at radius 2 is 0.567 bits per heavy atom. The second-order valence-corrected chi connectivity index (χ2v) is 19.5. The molecule has 0 aliphatic heterocycles. The van der Waals surface area contributed by atoms with Crippen molar-refractivity contribution in [3.63, 3.8) is 0 Å². The fourth-order valence-electron chi connectivity index (χ4n) is 8.35. The molecule has 0 saturated heterocycles. The number of allylic oxidation sites excluding steroid dienone is 8. The van der Waals surface area contributed by atoms with Crippen molar-refractivity contribution in [2.24, 2.45) is 0 Å². The van der Waals surface area contributed by atoms with Crippen LogP contribution in [0.25, 0.3) is 0 Å². The molecule has 390 valence electrons. The van der Waals surface area contributed by atoms with Crippen molar-refractivity contribution in [2.75, 3.05) is 13.2 Å². The molecule has 0 aromatic carbocycles. The Morgan fingerprint density at radius 3 is 0.910 bits per heavy atom. The highest BCUT2D eigenvalue weighted by molar-refractivity contribution is 5.71. The van der Waals surface area contributed by atoms with E-state index in [0.717, 1.165) is 83.5 Å². The Hall–Kier alpha value is -2.63. The maximum atomic E-state index is 12.8. The minimum atomic E-state index is -0.780. The van der Waals surface area contributed by atoms with Gasteiger partial charge in [-0.3, -0.25) is 14.4 Å². The van der Waals surface area contributed by atoms with Gasteiger partial charge in [0.05, 0.1) is 0 Å². The van der Waals surface area contributed by atoms with E-state index >= 15 is 0 Å². The van der Waals surface area contributed by atoms with Gasteiger partial charge in [0, 0.05) is 19.3 Å². The van der Waals surface area contributed by atoms with Crippen molar-refractivity contribution < 1.29 is 28.6 Å². The van der Waals surface area contributed by atoms with E-state index in [-0.39, 0.29) is 31.1 Å². The van der Waals surface area contributed by atoms with Gasteiger partial charge in [-0.2, -0.15) is 0 Å². The first-order valence-corrected chi connectivity index (χ1v) is 29.1. The molecule has 0 bridgehead atoms. The van der Waals surface area contributed by atoms with Gasteiger partial charge in [-0.15, -0.1) is 0 Å². The zero-order valence-corrected chi connectivity index (χ0v) is 44.7. The summed E-state index contributed by atoms with van der Waals surface area (Å²) in [6, 6.07) is 0. The van der Waals surface area contributed by atoms with Gasteiger partial charge >= 0.3 is 17.9 Å². The monoisotopic (exact) mass is 939 g/mol. The summed E-state index contributed by atoms with van der Waals surface area (Å²) >= 11 is 0. The molecule has 1 atom stereocenters. The minimum absolute atomic E-state index is 0.0788. The Balaban J connectivity index is 4.28. The standard InChI is InChI=1S/C61H110O6/c1-4-7-10-13-16-19-22-24-26-28-30-31-32-34-35-37-39-42-45-48-51-54-60(63)66-57-58(56-65-59(62)53-50-47-44-41-21-18-15-12-9-6-3)67-61(64)55-52-49-46-43-40-38-36-33-29-27-25-23-20-17-14-11-8-5-2/h12,15,20,23,27-30,58H,4-11,13-14,16-19,21-22,24-26,31-57H2,1-3H3/b15-12-,23-20-,29-27-,30-28-. The highest BCUT2D eigenvalue weighted by Gasteiger charge is 2.19. The Bertz CT molecular complexity index is 1170. The van der Waals surface area contributed by atoms with Gasteiger partial charge in [-0.05, 0) is 96.3 Å². The van der Waals surface area contributed by atoms with Gasteiger partial charge in [0.25, 0.3) is 0 Å². The number of unbranched alkanes of at least 4 members (excludes halogenated alkanes) is 34. The molecule has 0 aromatic heterocycles. The molecule has 1 unspecified atom stereocenters. The number of ether oxygens (including phenoxy) is 3. The van der Waals surface area contributed by atoms with Crippen LogP contribution in [-0.4, -0.2) is 37.2 Å². The molecule has 6 heteroatoms. The molecule has 0 radical (unpaired) electrons. The maximum Gasteiger partial charge on any atom is 0.306 e. The highest BCUT2D eigenvalue weighted by Crippen LogP contribution is 2.16.